The summed E-state index contributed by atoms with van der Waals surface area (Å²) in [6, 6.07) is 0. The number of aliphatic hydroxyl groups is 1. The first-order valence-corrected chi connectivity index (χ1v) is 8.36. The highest BCUT2D eigenvalue weighted by atomic mass is 16.6. The first-order valence-electron chi connectivity index (χ1n) is 8.36. The second-order valence-corrected chi connectivity index (χ2v) is 6.55. The van der Waals surface area contributed by atoms with Crippen molar-refractivity contribution in [2.75, 3.05) is 0 Å². The molecule has 1 N–H and O–H groups in total. The molecule has 1 rings (SSSR count). The van der Waals surface area contributed by atoms with Crippen LogP contribution in [0.2, 0.25) is 0 Å². The molecule has 1 atom stereocenters. The van der Waals surface area contributed by atoms with Crippen LogP contribution < -0.4 is 0 Å². The van der Waals surface area contributed by atoms with E-state index in [1.165, 1.54) is 11.6 Å². The van der Waals surface area contributed by atoms with Crippen LogP contribution in [0.4, 0.5) is 0 Å². The number of rotatable bonds is 9. The van der Waals surface area contributed by atoms with Gasteiger partial charge in [0.2, 0.25) is 6.29 Å². The van der Waals surface area contributed by atoms with E-state index in [-0.39, 0.29) is 5.78 Å². The van der Waals surface area contributed by atoms with Gasteiger partial charge in [0.25, 0.3) is 0 Å². The second kappa shape index (κ2) is 10.0. The molecule has 0 saturated carbocycles. The Morgan fingerprint density at radius 3 is 2.42 bits per heavy atom. The van der Waals surface area contributed by atoms with E-state index < -0.39 is 12.3 Å². The lowest BCUT2D eigenvalue weighted by molar-refractivity contribution is -0.151. The molecule has 0 aromatic carbocycles. The normalized spacial score (nSPS) is 18.3. The van der Waals surface area contributed by atoms with Crippen molar-refractivity contribution in [2.45, 2.75) is 66.1 Å². The average molecular weight is 332 g/mol. The zero-order valence-electron chi connectivity index (χ0n) is 15.1. The summed E-state index contributed by atoms with van der Waals surface area (Å²) in [5, 5.41) is 9.48. The first-order chi connectivity index (χ1) is 11.3. The lowest BCUT2D eigenvalue weighted by Gasteiger charge is -2.06. The highest BCUT2D eigenvalue weighted by Gasteiger charge is 2.22. The van der Waals surface area contributed by atoms with Gasteiger partial charge in [-0.1, -0.05) is 28.9 Å². The maximum atomic E-state index is 11.7. The third-order valence-electron chi connectivity index (χ3n) is 3.71. The van der Waals surface area contributed by atoms with E-state index in [2.05, 4.69) is 23.8 Å². The number of hydrogen-bond acceptors (Lipinski definition) is 4. The molecule has 4 heteroatoms. The van der Waals surface area contributed by atoms with Gasteiger partial charge in [-0.25, -0.2) is 4.79 Å². The Bertz CT molecular complexity index is 587. The van der Waals surface area contributed by atoms with Crippen molar-refractivity contribution >= 4 is 11.8 Å². The zero-order chi connectivity index (χ0) is 18.1. The predicted molar refractivity (Wildman–Crippen MR) is 95.2 cm³/mol. The standard InChI is InChI=1S/C20H28O4/c1-14(2)11-18(21)12-16(4)9-5-7-15(3)8-6-10-17-13-19(22)24-20(17)23/h8-9,11,13,20,23H,5-7,10,12H2,1-4H3/b15-8+,16-9+. The molecule has 0 amide bonds. The minimum absolute atomic E-state index is 0.149. The van der Waals surface area contributed by atoms with Gasteiger partial charge in [0, 0.05) is 18.1 Å². The van der Waals surface area contributed by atoms with E-state index >= 15 is 0 Å². The Kier molecular flexibility index (Phi) is 8.41. The smallest absolute Gasteiger partial charge is 0.333 e. The van der Waals surface area contributed by atoms with Crippen molar-refractivity contribution in [1.29, 1.82) is 0 Å². The van der Waals surface area contributed by atoms with Crippen LogP contribution in [0.15, 0.2) is 46.6 Å². The van der Waals surface area contributed by atoms with E-state index in [1.807, 2.05) is 20.8 Å². The quantitative estimate of drug-likeness (QED) is 0.391. The van der Waals surface area contributed by atoms with E-state index in [1.54, 1.807) is 6.08 Å². The van der Waals surface area contributed by atoms with Crippen LogP contribution in [-0.4, -0.2) is 23.1 Å². The van der Waals surface area contributed by atoms with E-state index in [9.17, 15) is 14.7 Å². The highest BCUT2D eigenvalue weighted by Crippen LogP contribution is 2.19. The molecule has 0 bridgehead atoms. The topological polar surface area (TPSA) is 63.6 Å². The van der Waals surface area contributed by atoms with Gasteiger partial charge in [0.15, 0.2) is 5.78 Å². The van der Waals surface area contributed by atoms with E-state index in [4.69, 9.17) is 0 Å². The highest BCUT2D eigenvalue weighted by molar-refractivity contribution is 5.91. The Morgan fingerprint density at radius 1 is 1.17 bits per heavy atom. The van der Waals surface area contributed by atoms with Crippen LogP contribution in [0.25, 0.3) is 0 Å². The minimum Gasteiger partial charge on any atom is -0.429 e. The number of hydrogen-bond donors (Lipinski definition) is 1. The molecule has 1 heterocycles. The summed E-state index contributed by atoms with van der Waals surface area (Å²) in [5.41, 5.74) is 4.02. The molecule has 0 fully saturated rings. The molecule has 0 spiro atoms. The minimum atomic E-state index is -1.07. The molecule has 1 unspecified atom stereocenters. The van der Waals surface area contributed by atoms with Crippen LogP contribution in [0.1, 0.15) is 59.8 Å². The molecule has 0 aliphatic carbocycles. The summed E-state index contributed by atoms with van der Waals surface area (Å²) >= 11 is 0. The summed E-state index contributed by atoms with van der Waals surface area (Å²) in [5.74, 6) is -0.322. The van der Waals surface area contributed by atoms with Crippen molar-refractivity contribution in [2.24, 2.45) is 0 Å². The fraction of sp³-hybridized carbons (Fsp3) is 0.500. The van der Waals surface area contributed by atoms with Crippen molar-refractivity contribution in [1.82, 2.24) is 0 Å². The van der Waals surface area contributed by atoms with Gasteiger partial charge < -0.3 is 9.84 Å². The molecule has 0 saturated heterocycles. The number of cyclic esters (lactones) is 1. The lowest BCUT2D eigenvalue weighted by Crippen LogP contribution is -2.09. The molecular weight excluding hydrogens is 304 g/mol. The third-order valence-corrected chi connectivity index (χ3v) is 3.71. The molecule has 0 aromatic heterocycles. The molecule has 0 aromatic rings. The number of ether oxygens (including phenoxy) is 1. The zero-order valence-corrected chi connectivity index (χ0v) is 15.1. The Labute approximate surface area is 144 Å². The number of carbonyl (C=O) groups excluding carboxylic acids is 2. The second-order valence-electron chi connectivity index (χ2n) is 6.55. The SMILES string of the molecule is CC(C)=CC(=O)C/C(C)=C/CC/C(C)=C/CCC1=CC(=O)OC1O. The van der Waals surface area contributed by atoms with Crippen LogP contribution >= 0.6 is 0 Å². The first kappa shape index (κ1) is 20.1. The van der Waals surface area contributed by atoms with Gasteiger partial charge >= 0.3 is 5.97 Å². The summed E-state index contributed by atoms with van der Waals surface area (Å²) in [4.78, 5) is 22.7. The monoisotopic (exact) mass is 332 g/mol. The van der Waals surface area contributed by atoms with Crippen LogP contribution in [0.5, 0.6) is 0 Å². The van der Waals surface area contributed by atoms with Crippen molar-refractivity contribution in [3.05, 3.63) is 46.6 Å². The van der Waals surface area contributed by atoms with Crippen molar-refractivity contribution in [3.8, 4) is 0 Å². The Balaban J connectivity index is 2.32. The van der Waals surface area contributed by atoms with Gasteiger partial charge in [0.05, 0.1) is 0 Å². The maximum absolute atomic E-state index is 11.7. The summed E-state index contributed by atoms with van der Waals surface area (Å²) in [6.45, 7) is 7.90. The maximum Gasteiger partial charge on any atom is 0.333 e. The largest absolute Gasteiger partial charge is 0.429 e. The third kappa shape index (κ3) is 8.06. The Morgan fingerprint density at radius 2 is 1.83 bits per heavy atom. The van der Waals surface area contributed by atoms with Gasteiger partial charge in [-0.3, -0.25) is 4.79 Å². The average Bonchev–Trinajstić information content (AvgIpc) is 2.75. The van der Waals surface area contributed by atoms with E-state index in [0.29, 0.717) is 18.4 Å². The molecule has 24 heavy (non-hydrogen) atoms. The van der Waals surface area contributed by atoms with Gasteiger partial charge in [-0.15, -0.1) is 0 Å². The van der Waals surface area contributed by atoms with E-state index in [0.717, 1.165) is 30.4 Å². The number of carbonyl (C=O) groups is 2. The number of aliphatic hydroxyl groups excluding tert-OH is 1. The van der Waals surface area contributed by atoms with Gasteiger partial charge in [-0.2, -0.15) is 0 Å². The van der Waals surface area contributed by atoms with Crippen LogP contribution in [0, 0.1) is 0 Å². The predicted octanol–water partition coefficient (Wildman–Crippen LogP) is 4.17. The molecule has 1 aliphatic heterocycles. The lowest BCUT2D eigenvalue weighted by atomic mass is 10.0. The van der Waals surface area contributed by atoms with Crippen molar-refractivity contribution in [3.63, 3.8) is 0 Å². The number of esters is 1. The number of ketones is 1. The van der Waals surface area contributed by atoms with Crippen molar-refractivity contribution < 1.29 is 19.4 Å². The molecular formula is C20H28O4. The summed E-state index contributed by atoms with van der Waals surface area (Å²) < 4.78 is 4.64. The fourth-order valence-corrected chi connectivity index (χ4v) is 2.49. The fourth-order valence-electron chi connectivity index (χ4n) is 2.49. The molecule has 132 valence electrons. The summed E-state index contributed by atoms with van der Waals surface area (Å²) in [6.07, 6.45) is 9.92. The molecule has 1 aliphatic rings. The van der Waals surface area contributed by atoms with Gasteiger partial charge in [-0.05, 0) is 59.5 Å². The Hall–Kier alpha value is -1.94. The molecule has 4 nitrogen and oxygen atoms in total. The van der Waals surface area contributed by atoms with Crippen LogP contribution in [0.3, 0.4) is 0 Å². The summed E-state index contributed by atoms with van der Waals surface area (Å²) in [7, 11) is 0. The molecule has 0 radical (unpaired) electrons. The van der Waals surface area contributed by atoms with Gasteiger partial charge in [0.1, 0.15) is 0 Å². The van der Waals surface area contributed by atoms with Crippen LogP contribution in [-0.2, 0) is 14.3 Å². The number of allylic oxidation sites excluding steroid dienone is 6.